The van der Waals surface area contributed by atoms with Crippen LogP contribution in [-0.4, -0.2) is 42.2 Å². The van der Waals surface area contributed by atoms with Crippen LogP contribution in [0.3, 0.4) is 0 Å². The zero-order valence-electron chi connectivity index (χ0n) is 16.6. The number of aryl methyl sites for hydroxylation is 1. The molecule has 29 heavy (non-hydrogen) atoms. The summed E-state index contributed by atoms with van der Waals surface area (Å²) in [5.41, 5.74) is 5.25. The molecule has 0 aromatic heterocycles. The molecule has 0 radical (unpaired) electrons. The van der Waals surface area contributed by atoms with Crippen molar-refractivity contribution in [3.63, 3.8) is 0 Å². The maximum atomic E-state index is 13.4. The fourth-order valence-electron chi connectivity index (χ4n) is 5.28. The number of carboxylic acid groups (broad SMARTS) is 1. The molecule has 3 aliphatic rings. The van der Waals surface area contributed by atoms with E-state index in [4.69, 9.17) is 0 Å². The number of halogens is 1. The molecule has 152 valence electrons. The molecule has 0 saturated carbocycles. The first-order chi connectivity index (χ1) is 14.1. The van der Waals surface area contributed by atoms with Gasteiger partial charge in [-0.3, -0.25) is 9.69 Å². The third kappa shape index (κ3) is 3.52. The number of aliphatic carboxylic acids is 1. The maximum Gasteiger partial charge on any atom is 0.306 e. The van der Waals surface area contributed by atoms with Crippen LogP contribution < -0.4 is 4.90 Å². The Balaban J connectivity index is 1.23. The largest absolute Gasteiger partial charge is 0.481 e. The van der Waals surface area contributed by atoms with E-state index >= 15 is 0 Å². The van der Waals surface area contributed by atoms with Crippen molar-refractivity contribution in [1.82, 2.24) is 4.90 Å². The average Bonchev–Trinajstić information content (AvgIpc) is 3.10. The van der Waals surface area contributed by atoms with Gasteiger partial charge in [-0.15, -0.1) is 0 Å². The van der Waals surface area contributed by atoms with Crippen LogP contribution >= 0.6 is 0 Å². The number of likely N-dealkylation sites (tertiary alicyclic amines) is 1. The van der Waals surface area contributed by atoms with E-state index in [2.05, 4.69) is 28.0 Å². The summed E-state index contributed by atoms with van der Waals surface area (Å²) >= 11 is 0. The minimum absolute atomic E-state index is 0.172. The third-order valence-corrected chi connectivity index (χ3v) is 7.06. The summed E-state index contributed by atoms with van der Waals surface area (Å²) in [7, 11) is 0. The van der Waals surface area contributed by atoms with Gasteiger partial charge < -0.3 is 10.0 Å². The SMILES string of the molecule is O=C(O)C1CCN(C2CCc3cc(C4CN(c5cccc(F)c5)C4)ccc32)CC1. The van der Waals surface area contributed by atoms with Gasteiger partial charge in [0.25, 0.3) is 0 Å². The van der Waals surface area contributed by atoms with Crippen LogP contribution in [0.1, 0.15) is 47.9 Å². The monoisotopic (exact) mass is 394 g/mol. The van der Waals surface area contributed by atoms with Gasteiger partial charge in [0, 0.05) is 30.7 Å². The van der Waals surface area contributed by atoms with E-state index in [1.54, 1.807) is 12.1 Å². The lowest BCUT2D eigenvalue weighted by atomic mass is 9.88. The van der Waals surface area contributed by atoms with Gasteiger partial charge in [-0.1, -0.05) is 24.3 Å². The van der Waals surface area contributed by atoms with E-state index in [1.165, 1.54) is 22.8 Å². The second-order valence-corrected chi connectivity index (χ2v) is 8.74. The van der Waals surface area contributed by atoms with Crippen molar-refractivity contribution in [1.29, 1.82) is 0 Å². The second kappa shape index (κ2) is 7.45. The highest BCUT2D eigenvalue weighted by molar-refractivity contribution is 5.70. The second-order valence-electron chi connectivity index (χ2n) is 8.74. The quantitative estimate of drug-likeness (QED) is 0.844. The smallest absolute Gasteiger partial charge is 0.306 e. The van der Waals surface area contributed by atoms with Gasteiger partial charge in [0.2, 0.25) is 0 Å². The number of hydrogen-bond acceptors (Lipinski definition) is 3. The summed E-state index contributed by atoms with van der Waals surface area (Å²) in [6.07, 6.45) is 3.76. The highest BCUT2D eigenvalue weighted by atomic mass is 19.1. The molecule has 2 aliphatic heterocycles. The van der Waals surface area contributed by atoms with E-state index in [9.17, 15) is 14.3 Å². The van der Waals surface area contributed by atoms with Gasteiger partial charge in [0.05, 0.1) is 5.92 Å². The molecule has 5 heteroatoms. The molecule has 1 N–H and O–H groups in total. The maximum absolute atomic E-state index is 13.4. The van der Waals surface area contributed by atoms with Crippen LogP contribution in [0.15, 0.2) is 42.5 Å². The molecule has 0 amide bonds. The zero-order chi connectivity index (χ0) is 20.0. The molecule has 1 atom stereocenters. The predicted octanol–water partition coefficient (Wildman–Crippen LogP) is 4.21. The first-order valence-electron chi connectivity index (χ1n) is 10.7. The molecule has 4 nitrogen and oxygen atoms in total. The zero-order valence-corrected chi connectivity index (χ0v) is 16.6. The van der Waals surface area contributed by atoms with Crippen LogP contribution in [0.4, 0.5) is 10.1 Å². The molecule has 2 heterocycles. The third-order valence-electron chi connectivity index (χ3n) is 7.06. The van der Waals surface area contributed by atoms with E-state index < -0.39 is 5.97 Å². The first kappa shape index (κ1) is 18.6. The minimum atomic E-state index is -0.645. The Hall–Kier alpha value is -2.40. The number of piperidine rings is 1. The lowest BCUT2D eigenvalue weighted by molar-refractivity contribution is -0.143. The van der Waals surface area contributed by atoms with E-state index in [1.807, 2.05) is 6.07 Å². The van der Waals surface area contributed by atoms with Crippen molar-refractivity contribution < 1.29 is 14.3 Å². The van der Waals surface area contributed by atoms with Gasteiger partial charge in [0.1, 0.15) is 5.82 Å². The molecule has 2 saturated heterocycles. The Morgan fingerprint density at radius 2 is 1.83 bits per heavy atom. The van der Waals surface area contributed by atoms with E-state index in [-0.39, 0.29) is 11.7 Å². The number of nitrogens with zero attached hydrogens (tertiary/aromatic N) is 2. The van der Waals surface area contributed by atoms with Crippen molar-refractivity contribution in [3.05, 3.63) is 65.0 Å². The fraction of sp³-hybridized carbons (Fsp3) is 0.458. The molecular formula is C24H27FN2O2. The summed E-state index contributed by atoms with van der Waals surface area (Å²) in [6.45, 7) is 3.64. The summed E-state index contributed by atoms with van der Waals surface area (Å²) in [5, 5.41) is 9.22. The topological polar surface area (TPSA) is 43.8 Å². The number of benzene rings is 2. The van der Waals surface area contributed by atoms with Crippen LogP contribution in [0.5, 0.6) is 0 Å². The number of hydrogen-bond donors (Lipinski definition) is 1. The van der Waals surface area contributed by atoms with Crippen LogP contribution in [0.25, 0.3) is 0 Å². The molecule has 1 unspecified atom stereocenters. The van der Waals surface area contributed by atoms with Crippen molar-refractivity contribution in [2.24, 2.45) is 5.92 Å². The molecule has 0 bridgehead atoms. The number of carbonyl (C=O) groups is 1. The van der Waals surface area contributed by atoms with Crippen LogP contribution in [0.2, 0.25) is 0 Å². The van der Waals surface area contributed by atoms with Gasteiger partial charge in [-0.2, -0.15) is 0 Å². The average molecular weight is 394 g/mol. The Bertz CT molecular complexity index is 917. The van der Waals surface area contributed by atoms with Gasteiger partial charge in [-0.25, -0.2) is 4.39 Å². The summed E-state index contributed by atoms with van der Waals surface area (Å²) in [6, 6.07) is 14.2. The van der Waals surface area contributed by atoms with Gasteiger partial charge in [0.15, 0.2) is 0 Å². The van der Waals surface area contributed by atoms with Crippen LogP contribution in [-0.2, 0) is 11.2 Å². The van der Waals surface area contributed by atoms with Gasteiger partial charge in [-0.05, 0) is 73.7 Å². The number of rotatable bonds is 4. The van der Waals surface area contributed by atoms with Crippen molar-refractivity contribution in [2.75, 3.05) is 31.1 Å². The van der Waals surface area contributed by atoms with Crippen molar-refractivity contribution in [3.8, 4) is 0 Å². The number of carboxylic acids is 1. The van der Waals surface area contributed by atoms with Crippen molar-refractivity contribution >= 4 is 11.7 Å². The lowest BCUT2D eigenvalue weighted by Crippen LogP contribution is -2.45. The number of anilines is 1. The summed E-state index contributed by atoms with van der Waals surface area (Å²) in [4.78, 5) is 15.9. The normalized spacial score (nSPS) is 23.1. The Morgan fingerprint density at radius 1 is 1.03 bits per heavy atom. The Morgan fingerprint density at radius 3 is 2.55 bits per heavy atom. The molecular weight excluding hydrogens is 367 g/mol. The molecule has 5 rings (SSSR count). The highest BCUT2D eigenvalue weighted by Crippen LogP contribution is 2.40. The lowest BCUT2D eigenvalue weighted by Gasteiger charge is -2.41. The molecule has 2 aromatic rings. The molecule has 2 aromatic carbocycles. The Labute approximate surface area is 170 Å². The van der Waals surface area contributed by atoms with E-state index in [0.717, 1.165) is 57.5 Å². The van der Waals surface area contributed by atoms with E-state index in [0.29, 0.717) is 12.0 Å². The van der Waals surface area contributed by atoms with Gasteiger partial charge >= 0.3 is 5.97 Å². The first-order valence-corrected chi connectivity index (χ1v) is 10.7. The number of fused-ring (bicyclic) bond motifs is 1. The minimum Gasteiger partial charge on any atom is -0.481 e. The summed E-state index contributed by atoms with van der Waals surface area (Å²) in [5.74, 6) is -0.487. The fourth-order valence-corrected chi connectivity index (χ4v) is 5.28. The molecule has 1 aliphatic carbocycles. The Kier molecular flexibility index (Phi) is 4.78. The highest BCUT2D eigenvalue weighted by Gasteiger charge is 2.34. The summed E-state index contributed by atoms with van der Waals surface area (Å²) < 4.78 is 13.4. The standard InChI is InChI=1S/C24H27FN2O2/c25-20-2-1-3-21(13-20)27-14-19(15-27)17-4-6-22-18(12-17)5-7-23(22)26-10-8-16(9-11-26)24(28)29/h1-4,6,12-13,16,19,23H,5,7-11,14-15H2,(H,28,29). The predicted molar refractivity (Wildman–Crippen MR) is 111 cm³/mol. The van der Waals surface area contributed by atoms with Crippen molar-refractivity contribution in [2.45, 2.75) is 37.6 Å². The molecule has 0 spiro atoms. The molecule has 2 fully saturated rings. The van der Waals surface area contributed by atoms with Crippen LogP contribution in [0, 0.1) is 11.7 Å².